The van der Waals surface area contributed by atoms with Crippen molar-refractivity contribution in [3.05, 3.63) is 59.7 Å². The van der Waals surface area contributed by atoms with E-state index in [4.69, 9.17) is 18.9 Å². The van der Waals surface area contributed by atoms with Crippen LogP contribution >= 0.6 is 0 Å². The molecule has 0 fully saturated rings. The third kappa shape index (κ3) is 9.57. The molecule has 0 aromatic heterocycles. The first-order valence-corrected chi connectivity index (χ1v) is 9.98. The Bertz CT molecular complexity index is 776. The van der Waals surface area contributed by atoms with E-state index in [2.05, 4.69) is 0 Å². The Morgan fingerprint density at radius 2 is 1.38 bits per heavy atom. The highest BCUT2D eigenvalue weighted by Crippen LogP contribution is 2.19. The first-order valence-electron chi connectivity index (χ1n) is 9.98. The van der Waals surface area contributed by atoms with Gasteiger partial charge in [-0.05, 0) is 35.4 Å². The molecule has 0 saturated carbocycles. The average Bonchev–Trinajstić information content (AvgIpc) is 2.73. The minimum Gasteiger partial charge on any atom is -0.497 e. The summed E-state index contributed by atoms with van der Waals surface area (Å²) in [4.78, 5) is 13.5. The molecule has 0 spiro atoms. The number of carbonyl (C=O) groups is 1. The lowest BCUT2D eigenvalue weighted by molar-refractivity contribution is -0.183. The summed E-state index contributed by atoms with van der Waals surface area (Å²) in [6, 6.07) is 14.9. The van der Waals surface area contributed by atoms with Crippen LogP contribution in [-0.2, 0) is 27.4 Å². The van der Waals surface area contributed by atoms with Gasteiger partial charge in [-0.3, -0.25) is 9.69 Å². The Balaban J connectivity index is 2.15. The number of carbonyl (C=O) groups excluding carboxylic acids is 1. The lowest BCUT2D eigenvalue weighted by Crippen LogP contribution is -2.37. The van der Waals surface area contributed by atoms with Crippen molar-refractivity contribution < 1.29 is 36.9 Å². The molecule has 9 heteroatoms. The summed E-state index contributed by atoms with van der Waals surface area (Å²) < 4.78 is 57.8. The summed E-state index contributed by atoms with van der Waals surface area (Å²) in [5.41, 5.74) is 1.94. The van der Waals surface area contributed by atoms with E-state index in [9.17, 15) is 18.0 Å². The second kappa shape index (κ2) is 12.3. The zero-order valence-electron chi connectivity index (χ0n) is 18.4. The van der Waals surface area contributed by atoms with Crippen molar-refractivity contribution in [1.82, 2.24) is 4.90 Å². The maximum absolute atomic E-state index is 12.5. The molecule has 0 aliphatic rings. The van der Waals surface area contributed by atoms with Gasteiger partial charge in [-0.15, -0.1) is 0 Å². The van der Waals surface area contributed by atoms with Crippen molar-refractivity contribution in [2.24, 2.45) is 0 Å². The second-order valence-electron chi connectivity index (χ2n) is 7.23. The molecule has 1 atom stereocenters. The summed E-state index contributed by atoms with van der Waals surface area (Å²) in [5.74, 6) is 0.849. The van der Waals surface area contributed by atoms with Crippen LogP contribution in [0.25, 0.3) is 0 Å². The molecular formula is C23H28F3NO5. The smallest absolute Gasteiger partial charge is 0.411 e. The second-order valence-corrected chi connectivity index (χ2v) is 7.23. The van der Waals surface area contributed by atoms with Crippen LogP contribution in [0.4, 0.5) is 13.2 Å². The van der Waals surface area contributed by atoms with Gasteiger partial charge in [-0.1, -0.05) is 24.3 Å². The summed E-state index contributed by atoms with van der Waals surface area (Å²) in [5, 5.41) is 0. The van der Waals surface area contributed by atoms with E-state index in [0.29, 0.717) is 24.6 Å². The summed E-state index contributed by atoms with van der Waals surface area (Å²) in [6.07, 6.45) is -5.31. The largest absolute Gasteiger partial charge is 0.497 e. The highest BCUT2D eigenvalue weighted by Gasteiger charge is 2.28. The molecule has 2 rings (SSSR count). The summed E-state index contributed by atoms with van der Waals surface area (Å²) in [6.45, 7) is 0.603. The molecule has 0 amide bonds. The van der Waals surface area contributed by atoms with Gasteiger partial charge < -0.3 is 18.9 Å². The molecule has 176 valence electrons. The fourth-order valence-electron chi connectivity index (χ4n) is 3.12. The molecule has 0 saturated heterocycles. The highest BCUT2D eigenvalue weighted by molar-refractivity contribution is 5.66. The van der Waals surface area contributed by atoms with Crippen molar-refractivity contribution in [2.75, 3.05) is 34.0 Å². The van der Waals surface area contributed by atoms with Crippen molar-refractivity contribution in [2.45, 2.75) is 32.3 Å². The number of halogens is 3. The van der Waals surface area contributed by atoms with Crippen LogP contribution in [0.2, 0.25) is 0 Å². The first-order chi connectivity index (χ1) is 15.2. The Kier molecular flexibility index (Phi) is 9.80. The number of alkyl halides is 3. The van der Waals surface area contributed by atoms with Gasteiger partial charge in [0.1, 0.15) is 24.2 Å². The van der Waals surface area contributed by atoms with Gasteiger partial charge >= 0.3 is 12.1 Å². The van der Waals surface area contributed by atoms with E-state index in [-0.39, 0.29) is 13.2 Å². The van der Waals surface area contributed by atoms with Crippen LogP contribution in [0.1, 0.15) is 18.1 Å². The molecule has 2 aromatic rings. The van der Waals surface area contributed by atoms with E-state index < -0.39 is 24.9 Å². The third-order valence-electron chi connectivity index (χ3n) is 4.49. The number of hydrogen-bond acceptors (Lipinski definition) is 6. The summed E-state index contributed by atoms with van der Waals surface area (Å²) >= 11 is 0. The molecule has 0 heterocycles. The van der Waals surface area contributed by atoms with Gasteiger partial charge in [-0.25, -0.2) is 0 Å². The minimum atomic E-state index is -4.45. The van der Waals surface area contributed by atoms with Crippen molar-refractivity contribution in [3.63, 3.8) is 0 Å². The Labute approximate surface area is 185 Å². The van der Waals surface area contributed by atoms with E-state index in [1.54, 1.807) is 14.2 Å². The van der Waals surface area contributed by atoms with Crippen LogP contribution in [0.15, 0.2) is 48.5 Å². The van der Waals surface area contributed by atoms with E-state index in [1.165, 1.54) is 6.92 Å². The van der Waals surface area contributed by atoms with E-state index in [0.717, 1.165) is 11.1 Å². The zero-order chi connectivity index (χ0) is 23.6. The monoisotopic (exact) mass is 455 g/mol. The number of methoxy groups -OCH3 is 2. The van der Waals surface area contributed by atoms with Crippen LogP contribution in [-0.4, -0.2) is 57.1 Å². The zero-order valence-corrected chi connectivity index (χ0v) is 18.4. The topological polar surface area (TPSA) is 57.2 Å². The molecule has 0 aliphatic heterocycles. The predicted octanol–water partition coefficient (Wildman–Crippen LogP) is 4.22. The molecule has 1 unspecified atom stereocenters. The van der Waals surface area contributed by atoms with Gasteiger partial charge in [0.2, 0.25) is 0 Å². The fraction of sp³-hybridized carbons (Fsp3) is 0.435. The van der Waals surface area contributed by atoms with Gasteiger partial charge in [0.25, 0.3) is 0 Å². The van der Waals surface area contributed by atoms with Crippen LogP contribution < -0.4 is 9.47 Å². The number of benzene rings is 2. The SMILES string of the molecule is COc1ccc(CN(Cc2ccc(OC)cc2)CC(COCC(F)(F)F)OC(C)=O)cc1. The van der Waals surface area contributed by atoms with Gasteiger partial charge in [0.05, 0.1) is 20.8 Å². The molecular weight excluding hydrogens is 427 g/mol. The normalized spacial score (nSPS) is 12.5. The average molecular weight is 455 g/mol. The number of nitrogens with zero attached hydrogens (tertiary/aromatic N) is 1. The minimum absolute atomic E-state index is 0.190. The quantitative estimate of drug-likeness (QED) is 0.447. The van der Waals surface area contributed by atoms with E-state index in [1.807, 2.05) is 53.4 Å². The molecule has 0 aliphatic carbocycles. The summed E-state index contributed by atoms with van der Waals surface area (Å²) in [7, 11) is 3.16. The van der Waals surface area contributed by atoms with Crippen LogP contribution in [0.5, 0.6) is 11.5 Å². The molecule has 6 nitrogen and oxygen atoms in total. The van der Waals surface area contributed by atoms with Crippen LogP contribution in [0, 0.1) is 0 Å². The predicted molar refractivity (Wildman–Crippen MR) is 113 cm³/mol. The molecule has 0 N–H and O–H groups in total. The maximum atomic E-state index is 12.5. The molecule has 2 aromatic carbocycles. The molecule has 0 bridgehead atoms. The standard InChI is InChI=1S/C23H28F3NO5/c1-17(28)32-22(15-31-16-23(24,25)26)14-27(12-18-4-8-20(29-2)9-5-18)13-19-6-10-21(30-3)11-7-19/h4-11,22H,12-16H2,1-3H3. The Hall–Kier alpha value is -2.78. The maximum Gasteiger partial charge on any atom is 0.411 e. The third-order valence-corrected chi connectivity index (χ3v) is 4.49. The number of esters is 1. The van der Waals surface area contributed by atoms with Crippen LogP contribution in [0.3, 0.4) is 0 Å². The van der Waals surface area contributed by atoms with Crippen molar-refractivity contribution in [3.8, 4) is 11.5 Å². The Morgan fingerprint density at radius 3 is 1.75 bits per heavy atom. The van der Waals surface area contributed by atoms with E-state index >= 15 is 0 Å². The highest BCUT2D eigenvalue weighted by atomic mass is 19.4. The first kappa shape index (κ1) is 25.5. The number of hydrogen-bond donors (Lipinski definition) is 0. The van der Waals surface area contributed by atoms with Gasteiger partial charge in [0, 0.05) is 26.6 Å². The van der Waals surface area contributed by atoms with Crippen molar-refractivity contribution >= 4 is 5.97 Å². The fourth-order valence-corrected chi connectivity index (χ4v) is 3.12. The Morgan fingerprint density at radius 1 is 0.906 bits per heavy atom. The lowest BCUT2D eigenvalue weighted by atomic mass is 10.1. The van der Waals surface area contributed by atoms with Crippen molar-refractivity contribution in [1.29, 1.82) is 0 Å². The number of ether oxygens (including phenoxy) is 4. The van der Waals surface area contributed by atoms with Gasteiger partial charge in [0.15, 0.2) is 0 Å². The lowest BCUT2D eigenvalue weighted by Gasteiger charge is -2.27. The molecule has 32 heavy (non-hydrogen) atoms. The van der Waals surface area contributed by atoms with Gasteiger partial charge in [-0.2, -0.15) is 13.2 Å². The number of rotatable bonds is 12. The molecule has 0 radical (unpaired) electrons.